The summed E-state index contributed by atoms with van der Waals surface area (Å²) < 4.78 is 35.2. The average Bonchev–Trinajstić information content (AvgIpc) is 2.25. The largest absolute Gasteiger partial charge is 0.497 e. The third-order valence-corrected chi connectivity index (χ3v) is 2.31. The SMILES string of the molecule is COc1ccc(/C=N/S(C)(=O)=O)c(OC)c1. The van der Waals surface area contributed by atoms with Crippen molar-refractivity contribution in [1.82, 2.24) is 0 Å². The average molecular weight is 243 g/mol. The van der Waals surface area contributed by atoms with E-state index >= 15 is 0 Å². The number of sulfonamides is 1. The third kappa shape index (κ3) is 3.54. The fourth-order valence-corrected chi connectivity index (χ4v) is 1.38. The van der Waals surface area contributed by atoms with Crippen LogP contribution in [0.4, 0.5) is 0 Å². The van der Waals surface area contributed by atoms with Gasteiger partial charge in [-0.25, -0.2) is 8.42 Å². The summed E-state index contributed by atoms with van der Waals surface area (Å²) in [5.74, 6) is 1.14. The lowest BCUT2D eigenvalue weighted by molar-refractivity contribution is 0.394. The molecule has 0 saturated carbocycles. The summed E-state index contributed by atoms with van der Waals surface area (Å²) in [4.78, 5) is 0. The standard InChI is InChI=1S/C10H13NO4S/c1-14-9-5-4-8(10(6-9)15-2)7-11-16(3,12)13/h4-7H,1-3H3/b11-7+. The van der Waals surface area contributed by atoms with Crippen LogP contribution in [0, 0.1) is 0 Å². The Bertz CT molecular complexity index is 494. The Labute approximate surface area is 94.8 Å². The van der Waals surface area contributed by atoms with Crippen molar-refractivity contribution in [3.05, 3.63) is 23.8 Å². The van der Waals surface area contributed by atoms with Crippen LogP contribution in [0.25, 0.3) is 0 Å². The number of ether oxygens (including phenoxy) is 2. The predicted octanol–water partition coefficient (Wildman–Crippen LogP) is 1.08. The van der Waals surface area contributed by atoms with E-state index in [0.29, 0.717) is 17.1 Å². The van der Waals surface area contributed by atoms with Crippen LogP contribution in [0.2, 0.25) is 0 Å². The van der Waals surface area contributed by atoms with Crippen LogP contribution in [0.3, 0.4) is 0 Å². The van der Waals surface area contributed by atoms with Gasteiger partial charge >= 0.3 is 0 Å². The molecule has 0 radical (unpaired) electrons. The summed E-state index contributed by atoms with van der Waals surface area (Å²) in [5, 5.41) is 0. The molecule has 0 unspecified atom stereocenters. The van der Waals surface area contributed by atoms with E-state index in [1.165, 1.54) is 13.3 Å². The highest BCUT2D eigenvalue weighted by atomic mass is 32.2. The molecule has 0 atom stereocenters. The lowest BCUT2D eigenvalue weighted by Gasteiger charge is -2.06. The van der Waals surface area contributed by atoms with Gasteiger partial charge < -0.3 is 9.47 Å². The van der Waals surface area contributed by atoms with Crippen molar-refractivity contribution in [1.29, 1.82) is 0 Å². The number of rotatable bonds is 4. The van der Waals surface area contributed by atoms with Gasteiger partial charge in [0.2, 0.25) is 10.0 Å². The van der Waals surface area contributed by atoms with E-state index in [9.17, 15) is 8.42 Å². The summed E-state index contributed by atoms with van der Waals surface area (Å²) >= 11 is 0. The van der Waals surface area contributed by atoms with Gasteiger partial charge in [-0.05, 0) is 12.1 Å². The molecule has 0 aliphatic rings. The molecule has 0 spiro atoms. The molecular weight excluding hydrogens is 230 g/mol. The van der Waals surface area contributed by atoms with E-state index in [-0.39, 0.29) is 0 Å². The zero-order valence-electron chi connectivity index (χ0n) is 9.30. The van der Waals surface area contributed by atoms with Gasteiger partial charge in [-0.1, -0.05) is 0 Å². The molecule has 1 aromatic carbocycles. The van der Waals surface area contributed by atoms with Gasteiger partial charge in [0.1, 0.15) is 11.5 Å². The first-order valence-corrected chi connectivity index (χ1v) is 6.28. The Balaban J connectivity index is 3.10. The van der Waals surface area contributed by atoms with Crippen molar-refractivity contribution >= 4 is 16.2 Å². The van der Waals surface area contributed by atoms with E-state index < -0.39 is 10.0 Å². The van der Waals surface area contributed by atoms with Crippen molar-refractivity contribution in [3.63, 3.8) is 0 Å². The lowest BCUT2D eigenvalue weighted by atomic mass is 10.2. The molecule has 0 bridgehead atoms. The molecule has 0 N–H and O–H groups in total. The van der Waals surface area contributed by atoms with E-state index in [2.05, 4.69) is 4.40 Å². The molecule has 88 valence electrons. The van der Waals surface area contributed by atoms with Crippen LogP contribution >= 0.6 is 0 Å². The molecule has 0 aliphatic heterocycles. The monoisotopic (exact) mass is 243 g/mol. The third-order valence-electron chi connectivity index (χ3n) is 1.82. The van der Waals surface area contributed by atoms with Gasteiger partial charge in [-0.2, -0.15) is 4.40 Å². The molecule has 1 rings (SSSR count). The number of hydrogen-bond acceptors (Lipinski definition) is 4. The summed E-state index contributed by atoms with van der Waals surface area (Å²) in [7, 11) is -0.347. The Morgan fingerprint density at radius 2 is 1.94 bits per heavy atom. The van der Waals surface area contributed by atoms with Crippen LogP contribution in [-0.4, -0.2) is 35.1 Å². The Morgan fingerprint density at radius 1 is 1.25 bits per heavy atom. The van der Waals surface area contributed by atoms with E-state index in [1.54, 1.807) is 25.3 Å². The van der Waals surface area contributed by atoms with Gasteiger partial charge in [-0.3, -0.25) is 0 Å². The highest BCUT2D eigenvalue weighted by Crippen LogP contribution is 2.23. The van der Waals surface area contributed by atoms with Crippen molar-refractivity contribution in [2.45, 2.75) is 0 Å². The van der Waals surface area contributed by atoms with Gasteiger partial charge in [0.15, 0.2) is 0 Å². The van der Waals surface area contributed by atoms with E-state index in [1.807, 2.05) is 0 Å². The molecule has 16 heavy (non-hydrogen) atoms. The second-order valence-electron chi connectivity index (χ2n) is 3.08. The zero-order chi connectivity index (χ0) is 12.2. The maximum Gasteiger partial charge on any atom is 0.250 e. The Kier molecular flexibility index (Phi) is 3.89. The zero-order valence-corrected chi connectivity index (χ0v) is 10.1. The molecule has 0 saturated heterocycles. The quantitative estimate of drug-likeness (QED) is 0.742. The minimum Gasteiger partial charge on any atom is -0.497 e. The first kappa shape index (κ1) is 12.5. The number of methoxy groups -OCH3 is 2. The number of benzene rings is 1. The summed E-state index contributed by atoms with van der Waals surface area (Å²) in [6, 6.07) is 5.03. The molecule has 0 aromatic heterocycles. The van der Waals surface area contributed by atoms with Crippen molar-refractivity contribution < 1.29 is 17.9 Å². The molecule has 6 heteroatoms. The number of hydrogen-bond donors (Lipinski definition) is 0. The van der Waals surface area contributed by atoms with Crippen LogP contribution in [0.5, 0.6) is 11.5 Å². The fourth-order valence-electron chi connectivity index (χ4n) is 1.08. The van der Waals surface area contributed by atoms with Gasteiger partial charge in [0.05, 0.1) is 26.7 Å². The summed E-state index contributed by atoms with van der Waals surface area (Å²) in [6.45, 7) is 0. The first-order chi connectivity index (χ1) is 7.46. The maximum absolute atomic E-state index is 10.9. The Hall–Kier alpha value is -1.56. The van der Waals surface area contributed by atoms with E-state index in [4.69, 9.17) is 9.47 Å². The minimum atomic E-state index is -3.38. The van der Waals surface area contributed by atoms with Crippen molar-refractivity contribution in [2.24, 2.45) is 4.40 Å². The molecule has 0 heterocycles. The van der Waals surface area contributed by atoms with Gasteiger partial charge in [0.25, 0.3) is 0 Å². The van der Waals surface area contributed by atoms with Crippen LogP contribution in [0.1, 0.15) is 5.56 Å². The molecule has 5 nitrogen and oxygen atoms in total. The second-order valence-corrected chi connectivity index (χ2v) is 4.75. The van der Waals surface area contributed by atoms with E-state index in [0.717, 1.165) is 6.26 Å². The molecular formula is C10H13NO4S. The van der Waals surface area contributed by atoms with Crippen LogP contribution < -0.4 is 9.47 Å². The topological polar surface area (TPSA) is 65.0 Å². The molecule has 1 aromatic rings. The fraction of sp³-hybridized carbons (Fsp3) is 0.300. The molecule has 0 fully saturated rings. The number of nitrogens with zero attached hydrogens (tertiary/aromatic N) is 1. The smallest absolute Gasteiger partial charge is 0.250 e. The minimum absolute atomic E-state index is 0.506. The van der Waals surface area contributed by atoms with Gasteiger partial charge in [0, 0.05) is 11.6 Å². The lowest BCUT2D eigenvalue weighted by Crippen LogP contribution is -1.95. The van der Waals surface area contributed by atoms with Gasteiger partial charge in [-0.15, -0.1) is 0 Å². The van der Waals surface area contributed by atoms with Crippen molar-refractivity contribution in [2.75, 3.05) is 20.5 Å². The highest BCUT2D eigenvalue weighted by molar-refractivity contribution is 7.89. The first-order valence-electron chi connectivity index (χ1n) is 4.43. The summed E-state index contributed by atoms with van der Waals surface area (Å²) in [6.07, 6.45) is 2.27. The summed E-state index contributed by atoms with van der Waals surface area (Å²) in [5.41, 5.74) is 0.578. The molecule has 0 amide bonds. The van der Waals surface area contributed by atoms with Crippen LogP contribution in [0.15, 0.2) is 22.6 Å². The highest BCUT2D eigenvalue weighted by Gasteiger charge is 2.03. The normalized spacial score (nSPS) is 11.7. The van der Waals surface area contributed by atoms with Crippen LogP contribution in [-0.2, 0) is 10.0 Å². The Morgan fingerprint density at radius 3 is 2.44 bits per heavy atom. The van der Waals surface area contributed by atoms with Crippen molar-refractivity contribution in [3.8, 4) is 11.5 Å². The molecule has 0 aliphatic carbocycles. The predicted molar refractivity (Wildman–Crippen MR) is 62.0 cm³/mol. The maximum atomic E-state index is 10.9. The second kappa shape index (κ2) is 4.98.